The van der Waals surface area contributed by atoms with Crippen LogP contribution in [0.4, 0.5) is 5.69 Å². The second kappa shape index (κ2) is 10.1. The molecule has 184 valence electrons. The molecule has 1 aromatic carbocycles. The number of hydrogen-bond acceptors (Lipinski definition) is 7. The number of carbonyl (C=O) groups is 1. The van der Waals surface area contributed by atoms with Gasteiger partial charge in [0, 0.05) is 25.2 Å². The Morgan fingerprint density at radius 2 is 1.77 bits per heavy atom. The largest absolute Gasteiger partial charge is 0.467 e. The van der Waals surface area contributed by atoms with Gasteiger partial charge in [-0.15, -0.1) is 0 Å². The second-order valence-corrected chi connectivity index (χ2v) is 10.6. The van der Waals surface area contributed by atoms with Crippen molar-refractivity contribution in [3.8, 4) is 0 Å². The molecule has 1 amide bonds. The first-order valence-corrected chi connectivity index (χ1v) is 13.3. The van der Waals surface area contributed by atoms with Crippen LogP contribution >= 0.6 is 0 Å². The Balaban J connectivity index is 1.30. The highest BCUT2D eigenvalue weighted by atomic mass is 32.2. The number of anilines is 1. The van der Waals surface area contributed by atoms with Crippen LogP contribution < -0.4 is 5.32 Å². The smallest absolute Gasteiger partial charge is 0.262 e. The van der Waals surface area contributed by atoms with Crippen LogP contribution in [0.25, 0.3) is 0 Å². The molecule has 4 heterocycles. The quantitative estimate of drug-likeness (QED) is 0.525. The summed E-state index contributed by atoms with van der Waals surface area (Å²) in [4.78, 5) is 13.4. The number of furan rings is 2. The third kappa shape index (κ3) is 5.03. The van der Waals surface area contributed by atoms with Crippen molar-refractivity contribution in [3.63, 3.8) is 0 Å². The zero-order valence-electron chi connectivity index (χ0n) is 19.3. The van der Waals surface area contributed by atoms with Crippen molar-refractivity contribution in [3.05, 3.63) is 72.6 Å². The maximum absolute atomic E-state index is 13.2. The van der Waals surface area contributed by atoms with E-state index in [-0.39, 0.29) is 23.4 Å². The molecule has 9 nitrogen and oxygen atoms in total. The number of benzene rings is 1. The Bertz CT molecular complexity index is 1280. The molecule has 0 radical (unpaired) electrons. The van der Waals surface area contributed by atoms with E-state index in [0.29, 0.717) is 42.4 Å². The van der Waals surface area contributed by atoms with Gasteiger partial charge in [0.2, 0.25) is 10.0 Å². The topological polar surface area (TPSA) is 108 Å². The Hall–Kier alpha value is -3.37. The lowest BCUT2D eigenvalue weighted by molar-refractivity contribution is -0.131. The van der Waals surface area contributed by atoms with Gasteiger partial charge < -0.3 is 14.2 Å². The molecule has 1 fully saturated rings. The predicted molar refractivity (Wildman–Crippen MR) is 130 cm³/mol. The van der Waals surface area contributed by atoms with Crippen molar-refractivity contribution in [2.75, 3.05) is 25.0 Å². The molecule has 5 rings (SSSR count). The summed E-state index contributed by atoms with van der Waals surface area (Å²) in [5.41, 5.74) is 1.22. The number of nitrogens with one attached hydrogen (secondary N) is 1. The van der Waals surface area contributed by atoms with Gasteiger partial charge in [-0.2, -0.15) is 9.41 Å². The minimum atomic E-state index is -3.58. The number of carbonyl (C=O) groups excluding carboxylic acids is 1. The Kier molecular flexibility index (Phi) is 6.74. The van der Waals surface area contributed by atoms with Crippen molar-refractivity contribution < 1.29 is 22.0 Å². The number of sulfonamides is 1. The second-order valence-electron chi connectivity index (χ2n) is 8.70. The molecule has 3 aromatic rings. The molecule has 0 saturated carbocycles. The first kappa shape index (κ1) is 23.4. The molecule has 10 heteroatoms. The number of amides is 1. The van der Waals surface area contributed by atoms with E-state index < -0.39 is 10.0 Å². The summed E-state index contributed by atoms with van der Waals surface area (Å²) in [6.45, 7) is 1.02. The Morgan fingerprint density at radius 1 is 1.00 bits per heavy atom. The highest BCUT2D eigenvalue weighted by Gasteiger charge is 2.35. The summed E-state index contributed by atoms with van der Waals surface area (Å²) in [5.74, 6) is 0.971. The molecule has 1 saturated heterocycles. The fraction of sp³-hybridized carbons (Fsp3) is 0.360. The third-order valence-corrected chi connectivity index (χ3v) is 8.22. The van der Waals surface area contributed by atoms with Gasteiger partial charge in [0.25, 0.3) is 5.91 Å². The molecule has 1 N–H and O–H groups in total. The van der Waals surface area contributed by atoms with Gasteiger partial charge in [-0.05, 0) is 55.3 Å². The lowest BCUT2D eigenvalue weighted by Gasteiger charge is -2.21. The fourth-order valence-corrected chi connectivity index (χ4v) is 6.05. The minimum Gasteiger partial charge on any atom is -0.467 e. The standard InChI is InChI=1S/C25H28N4O5S/c30-25(29-22(24-11-7-15-34-24)17-21(27-29)23-10-6-14-33-23)18-26-19-8-5-9-20(16-19)35(31,32)28-12-3-1-2-4-13-28/h5-11,14-16,22,26H,1-4,12-13,17-18H2. The predicted octanol–water partition coefficient (Wildman–Crippen LogP) is 4.23. The number of nitrogens with zero attached hydrogens (tertiary/aromatic N) is 3. The van der Waals surface area contributed by atoms with Crippen molar-refractivity contribution in [1.29, 1.82) is 0 Å². The normalized spacial score (nSPS) is 19.4. The van der Waals surface area contributed by atoms with Crippen LogP contribution in [-0.4, -0.2) is 49.0 Å². The van der Waals surface area contributed by atoms with Gasteiger partial charge in [0.1, 0.15) is 23.3 Å². The molecular formula is C25H28N4O5S. The van der Waals surface area contributed by atoms with Crippen LogP contribution in [0.2, 0.25) is 0 Å². The van der Waals surface area contributed by atoms with Crippen LogP contribution in [0.5, 0.6) is 0 Å². The van der Waals surface area contributed by atoms with Gasteiger partial charge >= 0.3 is 0 Å². The Labute approximate surface area is 204 Å². The Morgan fingerprint density at radius 3 is 2.49 bits per heavy atom. The van der Waals surface area contributed by atoms with Crippen molar-refractivity contribution in [1.82, 2.24) is 9.31 Å². The number of hydrogen-bond donors (Lipinski definition) is 1. The molecular weight excluding hydrogens is 468 g/mol. The highest BCUT2D eigenvalue weighted by Crippen LogP contribution is 2.33. The average Bonchev–Trinajstić information content (AvgIpc) is 3.62. The first-order valence-electron chi connectivity index (χ1n) is 11.8. The van der Waals surface area contributed by atoms with Gasteiger partial charge in [0.15, 0.2) is 0 Å². The molecule has 0 aliphatic carbocycles. The molecule has 2 aliphatic heterocycles. The maximum atomic E-state index is 13.2. The molecule has 1 atom stereocenters. The number of hydrazone groups is 1. The van der Waals surface area contributed by atoms with Gasteiger partial charge in [0.05, 0.1) is 24.0 Å². The zero-order valence-corrected chi connectivity index (χ0v) is 20.1. The molecule has 1 unspecified atom stereocenters. The molecule has 35 heavy (non-hydrogen) atoms. The molecule has 2 aliphatic rings. The maximum Gasteiger partial charge on any atom is 0.262 e. The minimum absolute atomic E-state index is 0.0562. The van der Waals surface area contributed by atoms with E-state index in [1.165, 1.54) is 5.01 Å². The van der Waals surface area contributed by atoms with E-state index in [2.05, 4.69) is 10.4 Å². The van der Waals surface area contributed by atoms with Crippen molar-refractivity contribution in [2.24, 2.45) is 5.10 Å². The summed E-state index contributed by atoms with van der Waals surface area (Å²) < 4.78 is 38.9. The third-order valence-electron chi connectivity index (χ3n) is 6.32. The van der Waals surface area contributed by atoms with Gasteiger partial charge in [-0.3, -0.25) is 4.79 Å². The monoisotopic (exact) mass is 496 g/mol. The summed E-state index contributed by atoms with van der Waals surface area (Å²) >= 11 is 0. The fourth-order valence-electron chi connectivity index (χ4n) is 4.49. The van der Waals surface area contributed by atoms with Crippen LogP contribution in [0, 0.1) is 0 Å². The van der Waals surface area contributed by atoms with E-state index in [0.717, 1.165) is 25.7 Å². The van der Waals surface area contributed by atoms with Gasteiger partial charge in [-0.1, -0.05) is 18.9 Å². The summed E-state index contributed by atoms with van der Waals surface area (Å²) in [6, 6.07) is 13.4. The SMILES string of the molecule is O=C(CNc1cccc(S(=O)(=O)N2CCCCCC2)c1)N1N=C(c2ccco2)CC1c1ccco1. The summed E-state index contributed by atoms with van der Waals surface area (Å²) in [7, 11) is -3.58. The summed E-state index contributed by atoms with van der Waals surface area (Å²) in [5, 5.41) is 8.98. The molecule has 0 bridgehead atoms. The van der Waals surface area contributed by atoms with E-state index in [9.17, 15) is 13.2 Å². The van der Waals surface area contributed by atoms with Crippen molar-refractivity contribution in [2.45, 2.75) is 43.0 Å². The van der Waals surface area contributed by atoms with Crippen LogP contribution in [0.1, 0.15) is 49.7 Å². The van der Waals surface area contributed by atoms with Gasteiger partial charge in [-0.25, -0.2) is 13.4 Å². The zero-order chi connectivity index (χ0) is 24.3. The summed E-state index contributed by atoms with van der Waals surface area (Å²) in [6.07, 6.45) is 7.45. The molecule has 2 aromatic heterocycles. The van der Waals surface area contributed by atoms with E-state index in [4.69, 9.17) is 8.83 Å². The van der Waals surface area contributed by atoms with Crippen molar-refractivity contribution >= 4 is 27.3 Å². The molecule has 0 spiro atoms. The first-order chi connectivity index (χ1) is 17.0. The lowest BCUT2D eigenvalue weighted by Crippen LogP contribution is -2.32. The number of rotatable bonds is 7. The van der Waals surface area contributed by atoms with E-state index >= 15 is 0 Å². The van der Waals surface area contributed by atoms with Crippen LogP contribution in [0.3, 0.4) is 0 Å². The van der Waals surface area contributed by atoms with E-state index in [1.54, 1.807) is 59.3 Å². The average molecular weight is 497 g/mol. The lowest BCUT2D eigenvalue weighted by atomic mass is 10.1. The van der Waals surface area contributed by atoms with Crippen LogP contribution in [0.15, 0.2) is 79.9 Å². The van der Waals surface area contributed by atoms with Crippen LogP contribution in [-0.2, 0) is 14.8 Å². The van der Waals surface area contributed by atoms with E-state index in [1.807, 2.05) is 6.07 Å². The highest BCUT2D eigenvalue weighted by molar-refractivity contribution is 7.89.